The van der Waals surface area contributed by atoms with Crippen LogP contribution in [0.15, 0.2) is 17.5 Å². The number of carbonyl (C=O) groups excluding carboxylic acids is 2. The van der Waals surface area contributed by atoms with E-state index in [-0.39, 0.29) is 24.5 Å². The normalized spacial score (nSPS) is 10.0. The Morgan fingerprint density at radius 3 is 2.73 bits per heavy atom. The number of rotatable bonds is 5. The average Bonchev–Trinajstić information content (AvgIpc) is 2.77. The zero-order chi connectivity index (χ0) is 11.3. The van der Waals surface area contributed by atoms with Gasteiger partial charge in [0.25, 0.3) is 0 Å². The van der Waals surface area contributed by atoms with Gasteiger partial charge in [0.05, 0.1) is 12.0 Å². The Morgan fingerprint density at radius 2 is 2.20 bits per heavy atom. The number of amides is 1. The van der Waals surface area contributed by atoms with Gasteiger partial charge in [-0.3, -0.25) is 14.4 Å². The maximum Gasteiger partial charge on any atom is 0.246 e. The van der Waals surface area contributed by atoms with Crippen LogP contribution in [0.4, 0.5) is 0 Å². The molecular weight excluding hydrogens is 214 g/mol. The van der Waals surface area contributed by atoms with Crippen molar-refractivity contribution in [3.63, 3.8) is 0 Å². The molecule has 82 valence electrons. The highest BCUT2D eigenvalue weighted by molar-refractivity contribution is 7.12. The summed E-state index contributed by atoms with van der Waals surface area (Å²) in [7, 11) is 2.94. The highest BCUT2D eigenvalue weighted by Crippen LogP contribution is 2.12. The minimum atomic E-state index is -0.192. The smallest absolute Gasteiger partial charge is 0.246 e. The van der Waals surface area contributed by atoms with Gasteiger partial charge in [-0.05, 0) is 11.4 Å². The van der Waals surface area contributed by atoms with Gasteiger partial charge in [0.2, 0.25) is 5.91 Å². The van der Waals surface area contributed by atoms with E-state index in [9.17, 15) is 9.59 Å². The molecule has 1 rings (SSSR count). The fraction of sp³-hybridized carbons (Fsp3) is 0.400. The van der Waals surface area contributed by atoms with E-state index in [1.165, 1.54) is 25.5 Å². The lowest BCUT2D eigenvalue weighted by molar-refractivity contribution is -0.168. The summed E-state index contributed by atoms with van der Waals surface area (Å²) in [4.78, 5) is 28.2. The SMILES string of the molecule is CON(C)C(=O)CCC(=O)c1cccs1. The Hall–Kier alpha value is -1.20. The highest BCUT2D eigenvalue weighted by atomic mass is 32.1. The van der Waals surface area contributed by atoms with Gasteiger partial charge in [0, 0.05) is 19.9 Å². The molecule has 0 bridgehead atoms. The lowest BCUT2D eigenvalue weighted by atomic mass is 10.2. The first kappa shape index (κ1) is 11.9. The maximum absolute atomic E-state index is 11.5. The number of thiophene rings is 1. The van der Waals surface area contributed by atoms with Gasteiger partial charge >= 0.3 is 0 Å². The monoisotopic (exact) mass is 227 g/mol. The van der Waals surface area contributed by atoms with Crippen LogP contribution in [0.1, 0.15) is 22.5 Å². The fourth-order valence-electron chi connectivity index (χ4n) is 1.04. The number of hydrogen-bond acceptors (Lipinski definition) is 4. The second kappa shape index (κ2) is 5.63. The van der Waals surface area contributed by atoms with E-state index in [1.54, 1.807) is 6.07 Å². The molecule has 0 spiro atoms. The molecule has 0 radical (unpaired) electrons. The summed E-state index contributed by atoms with van der Waals surface area (Å²) in [5.74, 6) is -0.190. The van der Waals surface area contributed by atoms with Gasteiger partial charge in [0.15, 0.2) is 5.78 Å². The molecule has 0 atom stereocenters. The van der Waals surface area contributed by atoms with E-state index < -0.39 is 0 Å². The molecule has 1 amide bonds. The maximum atomic E-state index is 11.5. The van der Waals surface area contributed by atoms with E-state index in [0.717, 1.165) is 5.06 Å². The number of hydroxylamine groups is 2. The molecule has 15 heavy (non-hydrogen) atoms. The largest absolute Gasteiger partial charge is 0.293 e. The first-order valence-electron chi connectivity index (χ1n) is 4.52. The molecule has 0 unspecified atom stereocenters. The third-order valence-corrected chi connectivity index (χ3v) is 2.90. The van der Waals surface area contributed by atoms with Crippen molar-refractivity contribution < 1.29 is 14.4 Å². The van der Waals surface area contributed by atoms with Crippen LogP contribution in [-0.2, 0) is 9.63 Å². The lowest BCUT2D eigenvalue weighted by Gasteiger charge is -2.12. The second-order valence-corrected chi connectivity index (χ2v) is 3.92. The topological polar surface area (TPSA) is 46.6 Å². The zero-order valence-electron chi connectivity index (χ0n) is 8.73. The Bertz CT molecular complexity index is 334. The number of hydrogen-bond donors (Lipinski definition) is 0. The predicted molar refractivity (Wildman–Crippen MR) is 57.7 cm³/mol. The molecule has 5 heteroatoms. The molecule has 0 saturated heterocycles. The summed E-state index contributed by atoms with van der Waals surface area (Å²) in [5.41, 5.74) is 0. The van der Waals surface area contributed by atoms with Crippen molar-refractivity contribution in [1.82, 2.24) is 5.06 Å². The molecule has 4 nitrogen and oxygen atoms in total. The van der Waals surface area contributed by atoms with E-state index in [2.05, 4.69) is 0 Å². The van der Waals surface area contributed by atoms with Crippen molar-refractivity contribution in [2.45, 2.75) is 12.8 Å². The summed E-state index contributed by atoms with van der Waals surface area (Å²) in [5, 5.41) is 2.97. The first-order valence-corrected chi connectivity index (χ1v) is 5.40. The predicted octanol–water partition coefficient (Wildman–Crippen LogP) is 1.73. The van der Waals surface area contributed by atoms with Gasteiger partial charge in [-0.25, -0.2) is 5.06 Å². The number of nitrogens with zero attached hydrogens (tertiary/aromatic N) is 1. The number of Topliss-reactive ketones (excluding diaryl/α,β-unsaturated/α-hetero) is 1. The summed E-state index contributed by atoms with van der Waals surface area (Å²) >= 11 is 1.39. The average molecular weight is 227 g/mol. The van der Waals surface area contributed by atoms with Crippen LogP contribution in [-0.4, -0.2) is 30.9 Å². The van der Waals surface area contributed by atoms with Crippen molar-refractivity contribution in [3.05, 3.63) is 22.4 Å². The van der Waals surface area contributed by atoms with Crippen molar-refractivity contribution in [2.24, 2.45) is 0 Å². The van der Waals surface area contributed by atoms with Gasteiger partial charge in [-0.1, -0.05) is 6.07 Å². The number of ketones is 1. The van der Waals surface area contributed by atoms with Crippen molar-refractivity contribution in [2.75, 3.05) is 14.2 Å². The van der Waals surface area contributed by atoms with Crippen molar-refractivity contribution in [3.8, 4) is 0 Å². The molecule has 0 aliphatic carbocycles. The Balaban J connectivity index is 2.38. The quantitative estimate of drug-likeness (QED) is 0.568. The third kappa shape index (κ3) is 3.45. The first-order chi connectivity index (χ1) is 7.15. The summed E-state index contributed by atoms with van der Waals surface area (Å²) in [6.45, 7) is 0. The molecular formula is C10H13NO3S. The van der Waals surface area contributed by atoms with Crippen LogP contribution in [0.3, 0.4) is 0 Å². The number of carbonyl (C=O) groups is 2. The van der Waals surface area contributed by atoms with Crippen LogP contribution in [0.25, 0.3) is 0 Å². The minimum Gasteiger partial charge on any atom is -0.293 e. The zero-order valence-corrected chi connectivity index (χ0v) is 9.54. The van der Waals surface area contributed by atoms with Gasteiger partial charge < -0.3 is 0 Å². The second-order valence-electron chi connectivity index (χ2n) is 2.97. The molecule has 0 aliphatic rings. The molecule has 1 aromatic rings. The Labute approximate surface area is 92.4 Å². The third-order valence-electron chi connectivity index (χ3n) is 1.99. The van der Waals surface area contributed by atoms with Crippen LogP contribution >= 0.6 is 11.3 Å². The fourth-order valence-corrected chi connectivity index (χ4v) is 1.73. The molecule has 0 fully saturated rings. The molecule has 1 heterocycles. The highest BCUT2D eigenvalue weighted by Gasteiger charge is 2.12. The standard InChI is InChI=1S/C10H13NO3S/c1-11(14-2)10(13)6-5-8(12)9-4-3-7-15-9/h3-4,7H,5-6H2,1-2H3. The Kier molecular flexibility index (Phi) is 4.45. The molecule has 0 saturated carbocycles. The van der Waals surface area contributed by atoms with E-state index in [1.807, 2.05) is 11.4 Å². The lowest BCUT2D eigenvalue weighted by Crippen LogP contribution is -2.25. The van der Waals surface area contributed by atoms with E-state index in [4.69, 9.17) is 4.84 Å². The van der Waals surface area contributed by atoms with E-state index >= 15 is 0 Å². The molecule has 1 aromatic heterocycles. The van der Waals surface area contributed by atoms with Crippen LogP contribution in [0, 0.1) is 0 Å². The van der Waals surface area contributed by atoms with Gasteiger partial charge in [-0.2, -0.15) is 0 Å². The van der Waals surface area contributed by atoms with Crippen molar-refractivity contribution in [1.29, 1.82) is 0 Å². The van der Waals surface area contributed by atoms with Gasteiger partial charge in [0.1, 0.15) is 0 Å². The summed E-state index contributed by atoms with van der Waals surface area (Å²) in [6, 6.07) is 3.58. The summed E-state index contributed by atoms with van der Waals surface area (Å²) in [6.07, 6.45) is 0.411. The molecule has 0 aromatic carbocycles. The van der Waals surface area contributed by atoms with Crippen LogP contribution in [0.5, 0.6) is 0 Å². The minimum absolute atomic E-state index is 0.00264. The van der Waals surface area contributed by atoms with Crippen molar-refractivity contribution >= 4 is 23.0 Å². The van der Waals surface area contributed by atoms with E-state index in [0.29, 0.717) is 4.88 Å². The molecule has 0 N–H and O–H groups in total. The van der Waals surface area contributed by atoms with Crippen LogP contribution < -0.4 is 0 Å². The summed E-state index contributed by atoms with van der Waals surface area (Å²) < 4.78 is 0. The molecule has 0 aliphatic heterocycles. The Morgan fingerprint density at radius 1 is 1.47 bits per heavy atom. The van der Waals surface area contributed by atoms with Crippen LogP contribution in [0.2, 0.25) is 0 Å². The van der Waals surface area contributed by atoms with Gasteiger partial charge in [-0.15, -0.1) is 11.3 Å².